The molecular formula is C9H17NO4. The van der Waals surface area contributed by atoms with Crippen molar-refractivity contribution in [3.05, 3.63) is 0 Å². The maximum Gasteiger partial charge on any atom is 0.254 e. The van der Waals surface area contributed by atoms with Crippen molar-refractivity contribution in [2.45, 2.75) is 31.5 Å². The minimum Gasteiger partial charge on any atom is -0.394 e. The smallest absolute Gasteiger partial charge is 0.254 e. The first-order chi connectivity index (χ1) is 6.66. The Kier molecular flexibility index (Phi) is 4.31. The maximum atomic E-state index is 11.5. The summed E-state index contributed by atoms with van der Waals surface area (Å²) in [5.74, 6) is -0.480. The minimum absolute atomic E-state index is 0.480. The summed E-state index contributed by atoms with van der Waals surface area (Å²) in [7, 11) is 0. The van der Waals surface area contributed by atoms with Gasteiger partial charge in [-0.3, -0.25) is 4.79 Å². The van der Waals surface area contributed by atoms with Gasteiger partial charge in [-0.25, -0.2) is 0 Å². The van der Waals surface area contributed by atoms with Crippen molar-refractivity contribution < 1.29 is 20.1 Å². The number of carbonyl (C=O) groups excluding carboxylic acids is 1. The molecule has 3 N–H and O–H groups in total. The van der Waals surface area contributed by atoms with Gasteiger partial charge in [-0.05, 0) is 19.3 Å². The Morgan fingerprint density at radius 1 is 1.21 bits per heavy atom. The fourth-order valence-electron chi connectivity index (χ4n) is 1.57. The fourth-order valence-corrected chi connectivity index (χ4v) is 1.57. The highest BCUT2D eigenvalue weighted by atomic mass is 16.4. The topological polar surface area (TPSA) is 81.0 Å². The Balaban J connectivity index is 2.46. The Labute approximate surface area is 83.0 Å². The van der Waals surface area contributed by atoms with Crippen LogP contribution in [0.1, 0.15) is 19.3 Å². The molecule has 1 rings (SSSR count). The number of rotatable bonds is 3. The SMILES string of the molecule is O=C(C(O)C(O)CO)N1CCCCC1. The normalized spacial score (nSPS) is 21.8. The molecule has 0 aromatic rings. The molecule has 0 aliphatic carbocycles. The minimum atomic E-state index is -1.49. The fraction of sp³-hybridized carbons (Fsp3) is 0.889. The largest absolute Gasteiger partial charge is 0.394 e. The summed E-state index contributed by atoms with van der Waals surface area (Å²) in [6.45, 7) is 0.669. The lowest BCUT2D eigenvalue weighted by molar-refractivity contribution is -0.148. The average molecular weight is 203 g/mol. The van der Waals surface area contributed by atoms with Crippen molar-refractivity contribution in [3.8, 4) is 0 Å². The highest BCUT2D eigenvalue weighted by Crippen LogP contribution is 2.11. The molecule has 1 fully saturated rings. The van der Waals surface area contributed by atoms with E-state index in [0.717, 1.165) is 19.3 Å². The number of aliphatic hydroxyl groups is 3. The van der Waals surface area contributed by atoms with E-state index in [9.17, 15) is 9.90 Å². The zero-order chi connectivity index (χ0) is 10.6. The van der Waals surface area contributed by atoms with E-state index in [4.69, 9.17) is 10.2 Å². The number of hydrogen-bond acceptors (Lipinski definition) is 4. The van der Waals surface area contributed by atoms with Crippen LogP contribution in [0.15, 0.2) is 0 Å². The number of aliphatic hydroxyl groups excluding tert-OH is 3. The number of nitrogens with zero attached hydrogens (tertiary/aromatic N) is 1. The predicted molar refractivity (Wildman–Crippen MR) is 49.5 cm³/mol. The van der Waals surface area contributed by atoms with E-state index in [1.165, 1.54) is 4.90 Å². The zero-order valence-corrected chi connectivity index (χ0v) is 8.09. The average Bonchev–Trinajstić information content (AvgIpc) is 2.27. The molecule has 5 nitrogen and oxygen atoms in total. The van der Waals surface area contributed by atoms with E-state index in [0.29, 0.717) is 13.1 Å². The van der Waals surface area contributed by atoms with Crippen LogP contribution in [0.3, 0.4) is 0 Å². The van der Waals surface area contributed by atoms with Crippen LogP contribution in [0.4, 0.5) is 0 Å². The van der Waals surface area contributed by atoms with E-state index in [1.54, 1.807) is 0 Å². The first kappa shape index (κ1) is 11.4. The van der Waals surface area contributed by atoms with Crippen molar-refractivity contribution in [1.29, 1.82) is 0 Å². The Hall–Kier alpha value is -0.650. The second-order valence-corrected chi connectivity index (χ2v) is 3.58. The molecule has 0 aromatic heterocycles. The van der Waals surface area contributed by atoms with Crippen LogP contribution < -0.4 is 0 Å². The molecule has 14 heavy (non-hydrogen) atoms. The lowest BCUT2D eigenvalue weighted by atomic mass is 10.1. The number of piperidine rings is 1. The van der Waals surface area contributed by atoms with Gasteiger partial charge < -0.3 is 20.2 Å². The van der Waals surface area contributed by atoms with Crippen LogP contribution >= 0.6 is 0 Å². The van der Waals surface area contributed by atoms with Gasteiger partial charge in [0.2, 0.25) is 0 Å². The molecule has 2 unspecified atom stereocenters. The Morgan fingerprint density at radius 2 is 1.79 bits per heavy atom. The first-order valence-corrected chi connectivity index (χ1v) is 4.92. The van der Waals surface area contributed by atoms with Crippen LogP contribution in [0.5, 0.6) is 0 Å². The van der Waals surface area contributed by atoms with Crippen molar-refractivity contribution in [3.63, 3.8) is 0 Å². The van der Waals surface area contributed by atoms with E-state index < -0.39 is 24.7 Å². The lowest BCUT2D eigenvalue weighted by Crippen LogP contribution is -2.47. The molecule has 0 bridgehead atoms. The van der Waals surface area contributed by atoms with Crippen LogP contribution in [0.25, 0.3) is 0 Å². The summed E-state index contributed by atoms with van der Waals surface area (Å²) >= 11 is 0. The molecule has 1 aliphatic rings. The lowest BCUT2D eigenvalue weighted by Gasteiger charge is -2.29. The van der Waals surface area contributed by atoms with E-state index in [1.807, 2.05) is 0 Å². The number of hydrogen-bond donors (Lipinski definition) is 3. The molecule has 0 aromatic carbocycles. The summed E-state index contributed by atoms with van der Waals surface area (Å²) in [6.07, 6.45) is 0.117. The summed E-state index contributed by atoms with van der Waals surface area (Å²) in [6, 6.07) is 0. The molecule has 0 saturated carbocycles. The zero-order valence-electron chi connectivity index (χ0n) is 8.09. The van der Waals surface area contributed by atoms with Crippen LogP contribution in [0, 0.1) is 0 Å². The number of carbonyl (C=O) groups is 1. The molecule has 82 valence electrons. The van der Waals surface area contributed by atoms with Crippen molar-refractivity contribution in [1.82, 2.24) is 4.90 Å². The molecule has 1 amide bonds. The molecule has 2 atom stereocenters. The maximum absolute atomic E-state index is 11.5. The van der Waals surface area contributed by atoms with E-state index >= 15 is 0 Å². The number of likely N-dealkylation sites (tertiary alicyclic amines) is 1. The van der Waals surface area contributed by atoms with Gasteiger partial charge in [0.1, 0.15) is 6.10 Å². The number of amides is 1. The molecular weight excluding hydrogens is 186 g/mol. The quantitative estimate of drug-likeness (QED) is 0.533. The van der Waals surface area contributed by atoms with Gasteiger partial charge in [-0.1, -0.05) is 0 Å². The summed E-state index contributed by atoms with van der Waals surface area (Å²) in [4.78, 5) is 13.0. The highest BCUT2D eigenvalue weighted by molar-refractivity contribution is 5.81. The van der Waals surface area contributed by atoms with Gasteiger partial charge >= 0.3 is 0 Å². The third-order valence-electron chi connectivity index (χ3n) is 2.47. The highest BCUT2D eigenvalue weighted by Gasteiger charge is 2.28. The molecule has 0 spiro atoms. The van der Waals surface area contributed by atoms with Gasteiger partial charge in [-0.2, -0.15) is 0 Å². The third-order valence-corrected chi connectivity index (χ3v) is 2.47. The summed E-state index contributed by atoms with van der Waals surface area (Å²) in [5, 5.41) is 27.0. The predicted octanol–water partition coefficient (Wildman–Crippen LogP) is -1.29. The van der Waals surface area contributed by atoms with Gasteiger partial charge in [0.25, 0.3) is 5.91 Å². The van der Waals surface area contributed by atoms with Crippen molar-refractivity contribution >= 4 is 5.91 Å². The summed E-state index contributed by atoms with van der Waals surface area (Å²) in [5.41, 5.74) is 0. The monoisotopic (exact) mass is 203 g/mol. The Bertz CT molecular complexity index is 187. The molecule has 1 saturated heterocycles. The van der Waals surface area contributed by atoms with Crippen LogP contribution in [0.2, 0.25) is 0 Å². The summed E-state index contributed by atoms with van der Waals surface area (Å²) < 4.78 is 0. The molecule has 5 heteroatoms. The van der Waals surface area contributed by atoms with E-state index in [-0.39, 0.29) is 0 Å². The van der Waals surface area contributed by atoms with Gasteiger partial charge in [0, 0.05) is 13.1 Å². The molecule has 1 aliphatic heterocycles. The van der Waals surface area contributed by atoms with E-state index in [2.05, 4.69) is 0 Å². The van der Waals surface area contributed by atoms with Crippen LogP contribution in [-0.4, -0.2) is 58.0 Å². The van der Waals surface area contributed by atoms with Crippen molar-refractivity contribution in [2.24, 2.45) is 0 Å². The van der Waals surface area contributed by atoms with Gasteiger partial charge in [-0.15, -0.1) is 0 Å². The van der Waals surface area contributed by atoms with Crippen molar-refractivity contribution in [2.75, 3.05) is 19.7 Å². The first-order valence-electron chi connectivity index (χ1n) is 4.92. The van der Waals surface area contributed by atoms with Gasteiger partial charge in [0.05, 0.1) is 6.61 Å². The third kappa shape index (κ3) is 2.67. The molecule has 0 radical (unpaired) electrons. The molecule has 1 heterocycles. The van der Waals surface area contributed by atoms with Gasteiger partial charge in [0.15, 0.2) is 6.10 Å². The second kappa shape index (κ2) is 5.29. The second-order valence-electron chi connectivity index (χ2n) is 3.58. The standard InChI is InChI=1S/C9H17NO4/c11-6-7(12)8(13)9(14)10-4-2-1-3-5-10/h7-8,11-13H,1-6H2. The van der Waals surface area contributed by atoms with Crippen LogP contribution in [-0.2, 0) is 4.79 Å². The Morgan fingerprint density at radius 3 is 2.29 bits per heavy atom.